The highest BCUT2D eigenvalue weighted by molar-refractivity contribution is 14.1. The topological polar surface area (TPSA) is 100 Å². The summed E-state index contributed by atoms with van der Waals surface area (Å²) in [4.78, 5) is 23.9. The molecule has 2 fully saturated rings. The number of anilines is 1. The van der Waals surface area contributed by atoms with E-state index >= 15 is 0 Å². The Morgan fingerprint density at radius 1 is 1.08 bits per heavy atom. The molecular weight excluding hydrogens is 618 g/mol. The second kappa shape index (κ2) is 12.4. The SMILES string of the molecule is COc1ccc(C23CCC(NC(=O)Nc4ccc(I)cc4)CC2N(C)CC3)cc1OC.O=C(O)C(F)(F)F. The van der Waals surface area contributed by atoms with Crippen LogP contribution in [0.4, 0.5) is 23.7 Å². The Morgan fingerprint density at radius 2 is 1.71 bits per heavy atom. The molecule has 4 rings (SSSR count). The number of hydrogen-bond donors (Lipinski definition) is 3. The van der Waals surface area contributed by atoms with Gasteiger partial charge in [-0.25, -0.2) is 9.59 Å². The van der Waals surface area contributed by atoms with E-state index in [1.165, 1.54) is 5.56 Å². The van der Waals surface area contributed by atoms with Crippen LogP contribution in [0.15, 0.2) is 42.5 Å². The number of carbonyl (C=O) groups excluding carboxylic acids is 1. The fraction of sp³-hybridized carbons (Fsp3) is 0.462. The number of carboxylic acids is 1. The molecule has 12 heteroatoms. The van der Waals surface area contributed by atoms with Crippen molar-refractivity contribution in [1.82, 2.24) is 10.2 Å². The summed E-state index contributed by atoms with van der Waals surface area (Å²) in [5, 5.41) is 13.3. The maximum Gasteiger partial charge on any atom is 0.490 e. The number of carbonyl (C=O) groups is 2. The van der Waals surface area contributed by atoms with E-state index in [1.54, 1.807) is 14.2 Å². The van der Waals surface area contributed by atoms with Crippen LogP contribution >= 0.6 is 22.6 Å². The van der Waals surface area contributed by atoms with Gasteiger partial charge in [-0.3, -0.25) is 0 Å². The van der Waals surface area contributed by atoms with Gasteiger partial charge in [-0.1, -0.05) is 6.07 Å². The van der Waals surface area contributed by atoms with Gasteiger partial charge in [-0.15, -0.1) is 0 Å². The highest BCUT2D eigenvalue weighted by Crippen LogP contribution is 2.49. The molecule has 208 valence electrons. The molecule has 1 aliphatic heterocycles. The molecule has 1 aliphatic carbocycles. The summed E-state index contributed by atoms with van der Waals surface area (Å²) in [5.41, 5.74) is 2.20. The minimum absolute atomic E-state index is 0.0824. The van der Waals surface area contributed by atoms with E-state index in [1.807, 2.05) is 30.3 Å². The first-order valence-corrected chi connectivity index (χ1v) is 13.0. The zero-order valence-electron chi connectivity index (χ0n) is 21.3. The number of nitrogens with one attached hydrogen (secondary N) is 2. The Morgan fingerprint density at radius 3 is 2.29 bits per heavy atom. The number of carboxylic acid groups (broad SMARTS) is 1. The molecule has 0 radical (unpaired) electrons. The Labute approximate surface area is 233 Å². The smallest absolute Gasteiger partial charge is 0.490 e. The molecular formula is C26H31F3IN3O5. The fourth-order valence-electron chi connectivity index (χ4n) is 5.28. The standard InChI is InChI=1S/C24H30IN3O3.C2HF3O2/c1-28-13-12-24(16-4-9-20(30-2)21(14-16)31-3)11-10-19(15-22(24)28)27-23(29)26-18-7-5-17(25)6-8-18;3-2(4,5)1(6)7/h4-9,14,19,22H,10-13,15H2,1-3H3,(H2,26,27,29);(H,6,7). The van der Waals surface area contributed by atoms with Crippen LogP contribution < -0.4 is 20.1 Å². The summed E-state index contributed by atoms with van der Waals surface area (Å²) in [6.45, 7) is 1.06. The summed E-state index contributed by atoms with van der Waals surface area (Å²) in [7, 11) is 5.55. The number of amides is 2. The van der Waals surface area contributed by atoms with Crippen LogP contribution in [0, 0.1) is 3.57 Å². The quantitative estimate of drug-likeness (QED) is 0.383. The number of hydrogen-bond acceptors (Lipinski definition) is 5. The number of likely N-dealkylation sites (N-methyl/N-ethyl adjacent to an activating group) is 1. The van der Waals surface area contributed by atoms with E-state index in [2.05, 4.69) is 57.3 Å². The molecule has 2 amide bonds. The van der Waals surface area contributed by atoms with Crippen LogP contribution in [0.2, 0.25) is 0 Å². The van der Waals surface area contributed by atoms with E-state index in [0.29, 0.717) is 6.04 Å². The van der Waals surface area contributed by atoms with E-state index < -0.39 is 12.1 Å². The average Bonchev–Trinajstić information content (AvgIpc) is 3.21. The van der Waals surface area contributed by atoms with E-state index in [9.17, 15) is 18.0 Å². The Hall–Kier alpha value is -2.74. The third kappa shape index (κ3) is 7.01. The van der Waals surface area contributed by atoms with Crippen LogP contribution in [-0.4, -0.2) is 68.1 Å². The fourth-order valence-corrected chi connectivity index (χ4v) is 5.64. The maximum absolute atomic E-state index is 12.6. The minimum atomic E-state index is -5.08. The normalized spacial score (nSPS) is 22.9. The summed E-state index contributed by atoms with van der Waals surface area (Å²) in [6, 6.07) is 14.6. The third-order valence-corrected chi connectivity index (χ3v) is 7.88. The second-order valence-electron chi connectivity index (χ2n) is 9.35. The molecule has 38 heavy (non-hydrogen) atoms. The number of ether oxygens (including phenoxy) is 2. The lowest BCUT2D eigenvalue weighted by Gasteiger charge is -2.45. The van der Waals surface area contributed by atoms with Crippen molar-refractivity contribution in [2.24, 2.45) is 0 Å². The zero-order valence-corrected chi connectivity index (χ0v) is 23.4. The molecule has 2 aliphatic rings. The maximum atomic E-state index is 12.6. The molecule has 0 bridgehead atoms. The van der Waals surface area contributed by atoms with Crippen molar-refractivity contribution in [2.45, 2.75) is 49.4 Å². The lowest BCUT2D eigenvalue weighted by molar-refractivity contribution is -0.192. The molecule has 2 aromatic carbocycles. The predicted octanol–water partition coefficient (Wildman–Crippen LogP) is 5.26. The van der Waals surface area contributed by atoms with Gasteiger partial charge in [0.1, 0.15) is 0 Å². The van der Waals surface area contributed by atoms with Crippen LogP contribution in [0.3, 0.4) is 0 Å². The van der Waals surface area contributed by atoms with Gasteiger partial charge in [-0.2, -0.15) is 13.2 Å². The first-order valence-electron chi connectivity index (χ1n) is 12.0. The van der Waals surface area contributed by atoms with Crippen molar-refractivity contribution < 1.29 is 37.3 Å². The molecule has 1 heterocycles. The molecule has 1 saturated heterocycles. The average molecular weight is 649 g/mol. The number of benzene rings is 2. The van der Waals surface area contributed by atoms with Gasteiger partial charge < -0.3 is 30.1 Å². The first-order chi connectivity index (χ1) is 17.9. The van der Waals surface area contributed by atoms with Crippen LogP contribution in [-0.2, 0) is 10.2 Å². The summed E-state index contributed by atoms with van der Waals surface area (Å²) >= 11 is 2.26. The molecule has 1 saturated carbocycles. The highest BCUT2D eigenvalue weighted by atomic mass is 127. The van der Waals surface area contributed by atoms with Crippen molar-refractivity contribution in [3.8, 4) is 11.5 Å². The zero-order chi connectivity index (χ0) is 28.1. The number of nitrogens with zero attached hydrogens (tertiary/aromatic N) is 1. The second-order valence-corrected chi connectivity index (χ2v) is 10.6. The van der Waals surface area contributed by atoms with E-state index in [4.69, 9.17) is 19.4 Å². The Kier molecular flexibility index (Phi) is 9.74. The van der Waals surface area contributed by atoms with Gasteiger partial charge in [0.15, 0.2) is 11.5 Å². The van der Waals surface area contributed by atoms with Gasteiger partial charge in [0, 0.05) is 26.8 Å². The van der Waals surface area contributed by atoms with E-state index in [-0.39, 0.29) is 17.5 Å². The number of fused-ring (bicyclic) bond motifs is 1. The highest BCUT2D eigenvalue weighted by Gasteiger charge is 2.50. The van der Waals surface area contributed by atoms with Crippen molar-refractivity contribution in [3.63, 3.8) is 0 Å². The van der Waals surface area contributed by atoms with Crippen LogP contribution in [0.25, 0.3) is 0 Å². The Balaban J connectivity index is 0.000000505. The summed E-state index contributed by atoms with van der Waals surface area (Å²) in [5.74, 6) is -1.22. The van der Waals surface area contributed by atoms with Gasteiger partial charge in [0.05, 0.1) is 14.2 Å². The number of alkyl halides is 3. The Bertz CT molecular complexity index is 1130. The number of methoxy groups -OCH3 is 2. The van der Waals surface area contributed by atoms with Gasteiger partial charge in [0.25, 0.3) is 0 Å². The van der Waals surface area contributed by atoms with Gasteiger partial charge in [0.2, 0.25) is 0 Å². The number of urea groups is 1. The van der Waals surface area contributed by atoms with Crippen molar-refractivity contribution >= 4 is 40.3 Å². The minimum Gasteiger partial charge on any atom is -0.493 e. The molecule has 0 spiro atoms. The van der Waals surface area contributed by atoms with Crippen LogP contribution in [0.1, 0.15) is 31.2 Å². The molecule has 3 N–H and O–H groups in total. The van der Waals surface area contributed by atoms with Gasteiger partial charge >= 0.3 is 18.2 Å². The number of likely N-dealkylation sites (tertiary alicyclic amines) is 1. The van der Waals surface area contributed by atoms with Crippen molar-refractivity contribution in [2.75, 3.05) is 33.1 Å². The lowest BCUT2D eigenvalue weighted by atomic mass is 9.65. The third-order valence-electron chi connectivity index (χ3n) is 7.17. The number of halogens is 4. The molecule has 2 aromatic rings. The largest absolute Gasteiger partial charge is 0.493 e. The van der Waals surface area contributed by atoms with Crippen molar-refractivity contribution in [3.05, 3.63) is 51.6 Å². The summed E-state index contributed by atoms with van der Waals surface area (Å²) < 4.78 is 43.9. The number of rotatable bonds is 5. The first kappa shape index (κ1) is 29.8. The lowest BCUT2D eigenvalue weighted by Crippen LogP contribution is -2.52. The molecule has 3 atom stereocenters. The van der Waals surface area contributed by atoms with Crippen molar-refractivity contribution in [1.29, 1.82) is 0 Å². The van der Waals surface area contributed by atoms with Gasteiger partial charge in [-0.05, 0) is 104 Å². The molecule has 0 aromatic heterocycles. The summed E-state index contributed by atoms with van der Waals surface area (Å²) in [6.07, 6.45) is -1.04. The monoisotopic (exact) mass is 649 g/mol. The number of aliphatic carboxylic acids is 1. The van der Waals surface area contributed by atoms with E-state index in [0.717, 1.165) is 53.0 Å². The predicted molar refractivity (Wildman–Crippen MR) is 145 cm³/mol. The molecule has 8 nitrogen and oxygen atoms in total. The molecule has 3 unspecified atom stereocenters. The van der Waals surface area contributed by atoms with Crippen LogP contribution in [0.5, 0.6) is 11.5 Å².